The first kappa shape index (κ1) is 19.3. The van der Waals surface area contributed by atoms with Crippen molar-refractivity contribution < 1.29 is 9.96 Å². The van der Waals surface area contributed by atoms with Crippen molar-refractivity contribution in [2.24, 2.45) is 0 Å². The summed E-state index contributed by atoms with van der Waals surface area (Å²) < 4.78 is 1.40. The third-order valence-electron chi connectivity index (χ3n) is 3.58. The lowest BCUT2D eigenvalue weighted by atomic mass is 10.1. The van der Waals surface area contributed by atoms with Crippen LogP contribution < -0.4 is 0 Å². The van der Waals surface area contributed by atoms with Gasteiger partial charge >= 0.3 is 0 Å². The first-order chi connectivity index (χ1) is 7.74. The smallest absolute Gasteiger partial charge is 0.0786 e. The van der Waals surface area contributed by atoms with Gasteiger partial charge in [0, 0.05) is 0 Å². The topological polar surface area (TPSA) is 30.0 Å². The van der Waals surface area contributed by atoms with Gasteiger partial charge in [-0.3, -0.25) is 0 Å². The third-order valence-corrected chi connectivity index (χ3v) is 3.58. The van der Waals surface area contributed by atoms with Crippen molar-refractivity contribution in [2.45, 2.75) is 72.6 Å². The van der Waals surface area contributed by atoms with Gasteiger partial charge in [-0.1, -0.05) is 40.5 Å². The summed E-state index contributed by atoms with van der Waals surface area (Å²) in [5.74, 6) is 0. The Labute approximate surface area is 109 Å². The molecule has 17 heavy (non-hydrogen) atoms. The minimum absolute atomic E-state index is 0. The molecule has 106 valence electrons. The number of hydrogen-bond donors (Lipinski definition) is 0. The maximum Gasteiger partial charge on any atom is 0.0786 e. The van der Waals surface area contributed by atoms with E-state index in [1.807, 2.05) is 0 Å². The van der Waals surface area contributed by atoms with E-state index in [9.17, 15) is 0 Å². The largest absolute Gasteiger partial charge is 0.870 e. The van der Waals surface area contributed by atoms with E-state index < -0.39 is 0 Å². The van der Waals surface area contributed by atoms with Crippen LogP contribution in [0.4, 0.5) is 0 Å². The number of quaternary nitrogens is 1. The van der Waals surface area contributed by atoms with Crippen LogP contribution in [0.2, 0.25) is 0 Å². The molecule has 0 aromatic rings. The van der Waals surface area contributed by atoms with Gasteiger partial charge in [-0.05, 0) is 32.1 Å². The lowest BCUT2D eigenvalue weighted by molar-refractivity contribution is -0.928. The van der Waals surface area contributed by atoms with Crippen molar-refractivity contribution in [3.05, 3.63) is 0 Å². The van der Waals surface area contributed by atoms with Gasteiger partial charge in [0.1, 0.15) is 0 Å². The minimum Gasteiger partial charge on any atom is -0.870 e. The van der Waals surface area contributed by atoms with Crippen LogP contribution in [-0.2, 0) is 0 Å². The molecule has 0 bridgehead atoms. The highest BCUT2D eigenvalue weighted by Crippen LogP contribution is 2.14. The Hall–Kier alpha value is -0.0800. The van der Waals surface area contributed by atoms with Crippen LogP contribution in [0.15, 0.2) is 0 Å². The van der Waals surface area contributed by atoms with Crippen LogP contribution in [0, 0.1) is 0 Å². The highest BCUT2D eigenvalue weighted by molar-refractivity contribution is 4.47. The lowest BCUT2D eigenvalue weighted by Gasteiger charge is -2.38. The molecule has 0 saturated heterocycles. The van der Waals surface area contributed by atoms with Crippen LogP contribution in [0.3, 0.4) is 0 Å². The summed E-state index contributed by atoms with van der Waals surface area (Å²) in [5, 5.41) is 0. The van der Waals surface area contributed by atoms with Gasteiger partial charge in [-0.15, -0.1) is 0 Å². The van der Waals surface area contributed by atoms with E-state index in [4.69, 9.17) is 0 Å². The first-order valence-electron chi connectivity index (χ1n) is 7.59. The maximum atomic E-state index is 2.34. The summed E-state index contributed by atoms with van der Waals surface area (Å²) in [6.07, 6.45) is 9.68. The van der Waals surface area contributed by atoms with Gasteiger partial charge < -0.3 is 9.96 Å². The highest BCUT2D eigenvalue weighted by atomic mass is 16.0. The molecule has 0 aromatic heterocycles. The lowest BCUT2D eigenvalue weighted by Crippen LogP contribution is -2.50. The molecule has 0 aliphatic heterocycles. The zero-order chi connectivity index (χ0) is 12.3. The predicted molar refractivity (Wildman–Crippen MR) is 76.7 cm³/mol. The zero-order valence-corrected chi connectivity index (χ0v) is 12.7. The monoisotopic (exact) mass is 245 g/mol. The van der Waals surface area contributed by atoms with Gasteiger partial charge in [0.25, 0.3) is 0 Å². The van der Waals surface area contributed by atoms with E-state index in [2.05, 4.69) is 27.7 Å². The molecule has 0 aliphatic carbocycles. The molecule has 0 atom stereocenters. The molecule has 0 rings (SSSR count). The third kappa shape index (κ3) is 8.62. The Balaban J connectivity index is 0. The second-order valence-corrected chi connectivity index (χ2v) is 5.30. The standard InChI is InChI=1S/C15H34N.H2O/c1-5-9-10-11-15-16(12-6-2,13-7-3)14-8-4;/h5-15H2,1-4H3;1H2/q+1;/p-1. The molecular formula is C15H35NO. The number of nitrogens with zero attached hydrogens (tertiary/aromatic N) is 1. The Morgan fingerprint density at radius 1 is 0.529 bits per heavy atom. The van der Waals surface area contributed by atoms with Gasteiger partial charge in [-0.2, -0.15) is 0 Å². The predicted octanol–water partition coefficient (Wildman–Crippen LogP) is 4.44. The van der Waals surface area contributed by atoms with Crippen molar-refractivity contribution in [3.8, 4) is 0 Å². The summed E-state index contributed by atoms with van der Waals surface area (Å²) in [7, 11) is 0. The molecule has 0 saturated carbocycles. The molecule has 0 fully saturated rings. The quantitative estimate of drug-likeness (QED) is 0.391. The van der Waals surface area contributed by atoms with Gasteiger partial charge in [0.2, 0.25) is 0 Å². The summed E-state index contributed by atoms with van der Waals surface area (Å²) in [4.78, 5) is 0. The van der Waals surface area contributed by atoms with Crippen molar-refractivity contribution in [2.75, 3.05) is 26.2 Å². The summed E-state index contributed by atoms with van der Waals surface area (Å²) >= 11 is 0. The van der Waals surface area contributed by atoms with Crippen LogP contribution in [0.1, 0.15) is 72.6 Å². The molecule has 0 aromatic carbocycles. The van der Waals surface area contributed by atoms with Crippen molar-refractivity contribution in [3.63, 3.8) is 0 Å². The van der Waals surface area contributed by atoms with E-state index in [0.29, 0.717) is 0 Å². The van der Waals surface area contributed by atoms with E-state index in [-0.39, 0.29) is 5.48 Å². The SMILES string of the molecule is CCCCCC[N+](CCC)(CCC)CCC.[OH-]. The van der Waals surface area contributed by atoms with Crippen LogP contribution in [0.5, 0.6) is 0 Å². The zero-order valence-electron chi connectivity index (χ0n) is 12.7. The van der Waals surface area contributed by atoms with Crippen LogP contribution >= 0.6 is 0 Å². The van der Waals surface area contributed by atoms with Gasteiger partial charge in [0.15, 0.2) is 0 Å². The Bertz CT molecular complexity index is 131. The van der Waals surface area contributed by atoms with E-state index in [1.54, 1.807) is 0 Å². The molecule has 0 spiro atoms. The van der Waals surface area contributed by atoms with Gasteiger partial charge in [0.05, 0.1) is 26.2 Å². The van der Waals surface area contributed by atoms with Crippen LogP contribution in [-0.4, -0.2) is 36.1 Å². The fourth-order valence-corrected chi connectivity index (χ4v) is 2.97. The normalized spacial score (nSPS) is 11.3. The Morgan fingerprint density at radius 2 is 1.00 bits per heavy atom. The molecule has 0 heterocycles. The first-order valence-corrected chi connectivity index (χ1v) is 7.59. The average molecular weight is 245 g/mol. The fraction of sp³-hybridized carbons (Fsp3) is 1.00. The molecule has 1 N–H and O–H groups in total. The Kier molecular flexibility index (Phi) is 14.0. The van der Waals surface area contributed by atoms with Crippen molar-refractivity contribution >= 4 is 0 Å². The molecule has 0 unspecified atom stereocenters. The summed E-state index contributed by atoms with van der Waals surface area (Å²) in [6.45, 7) is 14.9. The summed E-state index contributed by atoms with van der Waals surface area (Å²) in [6, 6.07) is 0. The van der Waals surface area contributed by atoms with Crippen LogP contribution in [0.25, 0.3) is 0 Å². The molecule has 0 radical (unpaired) electrons. The number of unbranched alkanes of at least 4 members (excludes halogenated alkanes) is 3. The highest BCUT2D eigenvalue weighted by Gasteiger charge is 2.23. The Morgan fingerprint density at radius 3 is 1.35 bits per heavy atom. The minimum atomic E-state index is 0. The molecule has 2 heteroatoms. The second-order valence-electron chi connectivity index (χ2n) is 5.30. The second kappa shape index (κ2) is 12.4. The summed E-state index contributed by atoms with van der Waals surface area (Å²) in [5.41, 5.74) is 0. The molecule has 0 aliphatic rings. The number of hydrogen-bond acceptors (Lipinski definition) is 1. The maximum absolute atomic E-state index is 2.34. The average Bonchev–Trinajstić information content (AvgIpc) is 2.26. The van der Waals surface area contributed by atoms with E-state index >= 15 is 0 Å². The van der Waals surface area contributed by atoms with Crippen molar-refractivity contribution in [1.82, 2.24) is 0 Å². The van der Waals surface area contributed by atoms with Crippen molar-refractivity contribution in [1.29, 1.82) is 0 Å². The number of rotatable bonds is 11. The van der Waals surface area contributed by atoms with E-state index in [1.165, 1.54) is 75.6 Å². The van der Waals surface area contributed by atoms with Gasteiger partial charge in [-0.25, -0.2) is 0 Å². The van der Waals surface area contributed by atoms with E-state index in [0.717, 1.165) is 0 Å². The fourth-order valence-electron chi connectivity index (χ4n) is 2.97. The molecule has 0 amide bonds. The molecular weight excluding hydrogens is 210 g/mol. The molecule has 2 nitrogen and oxygen atoms in total.